The van der Waals surface area contributed by atoms with E-state index in [-0.39, 0.29) is 17.4 Å². The number of nitrogens with zero attached hydrogens (tertiary/aromatic N) is 1. The van der Waals surface area contributed by atoms with Gasteiger partial charge >= 0.3 is 5.97 Å². The lowest BCUT2D eigenvalue weighted by molar-refractivity contribution is -0.196. The van der Waals surface area contributed by atoms with Crippen molar-refractivity contribution in [3.05, 3.63) is 0 Å². The molecule has 10 nitrogen and oxygen atoms in total. The number of imide groups is 1. The molecule has 0 saturated carbocycles. The molecular formula is C14H20N2O8S3. The molecule has 2 fully saturated rings. The molecule has 3 amide bonds. The summed E-state index contributed by atoms with van der Waals surface area (Å²) in [5.41, 5.74) is 0. The number of hydroxylamine groups is 2. The number of carbonyl (C=O) groups is 4. The summed E-state index contributed by atoms with van der Waals surface area (Å²) in [7, 11) is -1.04. The molecule has 152 valence electrons. The first-order valence-corrected chi connectivity index (χ1v) is 12.2. The van der Waals surface area contributed by atoms with E-state index >= 15 is 0 Å². The van der Waals surface area contributed by atoms with Crippen molar-refractivity contribution < 1.29 is 37.0 Å². The smallest absolute Gasteiger partial charge is 0.345 e. The molecule has 0 radical (unpaired) electrons. The average Bonchev–Trinajstić information content (AvgIpc) is 3.20. The van der Waals surface area contributed by atoms with Crippen LogP contribution < -0.4 is 5.32 Å². The third-order valence-corrected chi connectivity index (χ3v) is 8.05. The van der Waals surface area contributed by atoms with E-state index in [1.54, 1.807) is 0 Å². The fourth-order valence-electron chi connectivity index (χ4n) is 2.53. The first-order chi connectivity index (χ1) is 12.7. The van der Waals surface area contributed by atoms with Crippen molar-refractivity contribution in [2.75, 3.05) is 12.3 Å². The first kappa shape index (κ1) is 22.0. The Balaban J connectivity index is 1.65. The zero-order valence-corrected chi connectivity index (χ0v) is 16.7. The standard InChI is InChI=1S/C14H20N2O8S3/c17-11(4-2-1-3-9-5-6-25-26-9)15-8-13(19)24-16-12(18)7-10(14(16)20)27(21,22)23/h9-10H,1-8H2,(H,15,17)(H,21,22,23). The van der Waals surface area contributed by atoms with Crippen LogP contribution in [-0.4, -0.2) is 64.5 Å². The summed E-state index contributed by atoms with van der Waals surface area (Å²) >= 11 is 0. The van der Waals surface area contributed by atoms with Gasteiger partial charge in [0, 0.05) is 17.4 Å². The second-order valence-corrected chi connectivity index (χ2v) is 10.4. The van der Waals surface area contributed by atoms with Gasteiger partial charge in [0.25, 0.3) is 21.9 Å². The average molecular weight is 441 g/mol. The molecule has 2 saturated heterocycles. The van der Waals surface area contributed by atoms with Crippen LogP contribution in [0.4, 0.5) is 0 Å². The molecule has 2 rings (SSSR count). The SMILES string of the molecule is O=C(CCCCC1CCSS1)NCC(=O)ON1C(=O)CC(S(=O)(=O)O)C1=O. The fraction of sp³-hybridized carbons (Fsp3) is 0.714. The molecular weight excluding hydrogens is 420 g/mol. The summed E-state index contributed by atoms with van der Waals surface area (Å²) in [5.74, 6) is -2.71. The van der Waals surface area contributed by atoms with E-state index in [0.29, 0.717) is 11.7 Å². The Morgan fingerprint density at radius 1 is 1.30 bits per heavy atom. The molecule has 2 N–H and O–H groups in total. The van der Waals surface area contributed by atoms with Crippen LogP contribution in [0.5, 0.6) is 0 Å². The van der Waals surface area contributed by atoms with Gasteiger partial charge in [-0.15, -0.1) is 5.06 Å². The van der Waals surface area contributed by atoms with E-state index < -0.39 is 46.1 Å². The number of hydrogen-bond acceptors (Lipinski definition) is 9. The number of nitrogens with one attached hydrogen (secondary N) is 1. The van der Waals surface area contributed by atoms with Gasteiger partial charge in [0.1, 0.15) is 6.54 Å². The van der Waals surface area contributed by atoms with Gasteiger partial charge in [-0.25, -0.2) is 4.79 Å². The van der Waals surface area contributed by atoms with Gasteiger partial charge in [0.2, 0.25) is 5.91 Å². The third kappa shape index (κ3) is 6.66. The predicted molar refractivity (Wildman–Crippen MR) is 97.8 cm³/mol. The Labute approximate surface area is 164 Å². The zero-order valence-electron chi connectivity index (χ0n) is 14.3. The molecule has 0 aromatic rings. The molecule has 0 spiro atoms. The lowest BCUT2D eigenvalue weighted by atomic mass is 10.1. The van der Waals surface area contributed by atoms with Gasteiger partial charge in [-0.3, -0.25) is 18.9 Å². The van der Waals surface area contributed by atoms with Crippen molar-refractivity contribution in [3.63, 3.8) is 0 Å². The number of hydrogen-bond donors (Lipinski definition) is 2. The molecule has 2 unspecified atom stereocenters. The number of carbonyl (C=O) groups excluding carboxylic acids is 4. The lowest BCUT2D eigenvalue weighted by Crippen LogP contribution is -2.39. The molecule has 2 aliphatic rings. The maximum absolute atomic E-state index is 11.7. The van der Waals surface area contributed by atoms with Gasteiger partial charge in [-0.2, -0.15) is 8.42 Å². The lowest BCUT2D eigenvalue weighted by Gasteiger charge is -2.13. The molecule has 0 bridgehead atoms. The fourth-order valence-corrected chi connectivity index (χ4v) is 6.26. The largest absolute Gasteiger partial charge is 0.352 e. The monoisotopic (exact) mass is 440 g/mol. The highest BCUT2D eigenvalue weighted by molar-refractivity contribution is 8.77. The van der Waals surface area contributed by atoms with E-state index in [1.165, 1.54) is 6.42 Å². The molecule has 2 aliphatic heterocycles. The Hall–Kier alpha value is -1.31. The third-order valence-electron chi connectivity index (χ3n) is 3.95. The van der Waals surface area contributed by atoms with Crippen molar-refractivity contribution in [3.8, 4) is 0 Å². The molecule has 0 aromatic heterocycles. The Morgan fingerprint density at radius 3 is 2.63 bits per heavy atom. The first-order valence-electron chi connectivity index (χ1n) is 8.27. The normalized spacial score (nSPS) is 22.9. The van der Waals surface area contributed by atoms with Gasteiger partial charge < -0.3 is 10.2 Å². The molecule has 2 heterocycles. The second kappa shape index (κ2) is 9.75. The van der Waals surface area contributed by atoms with E-state index in [1.807, 2.05) is 21.6 Å². The molecule has 27 heavy (non-hydrogen) atoms. The highest BCUT2D eigenvalue weighted by Crippen LogP contribution is 2.39. The minimum absolute atomic E-state index is 0.00417. The van der Waals surface area contributed by atoms with Gasteiger partial charge in [-0.05, 0) is 19.3 Å². The molecule has 13 heteroatoms. The van der Waals surface area contributed by atoms with Crippen LogP contribution in [0, 0.1) is 0 Å². The zero-order chi connectivity index (χ0) is 20.0. The number of unbranched alkanes of at least 4 members (excludes halogenated alkanes) is 1. The Morgan fingerprint density at radius 2 is 2.04 bits per heavy atom. The van der Waals surface area contributed by atoms with Crippen LogP contribution in [-0.2, 0) is 34.1 Å². The van der Waals surface area contributed by atoms with Crippen LogP contribution in [0.1, 0.15) is 38.5 Å². The number of amides is 3. The molecule has 0 aromatic carbocycles. The summed E-state index contributed by atoms with van der Waals surface area (Å²) in [5, 5.41) is 0.972. The quantitative estimate of drug-likeness (QED) is 0.222. The minimum atomic E-state index is -4.77. The van der Waals surface area contributed by atoms with Crippen molar-refractivity contribution >= 4 is 55.4 Å². The van der Waals surface area contributed by atoms with Crippen LogP contribution in [0.15, 0.2) is 0 Å². The second-order valence-electron chi connectivity index (χ2n) is 6.05. The van der Waals surface area contributed by atoms with Crippen LogP contribution in [0.2, 0.25) is 0 Å². The Kier molecular flexibility index (Phi) is 7.94. The molecule has 0 aliphatic carbocycles. The highest BCUT2D eigenvalue weighted by atomic mass is 33.1. The summed E-state index contributed by atoms with van der Waals surface area (Å²) in [6.07, 6.45) is 3.24. The Bertz CT molecular complexity index is 705. The van der Waals surface area contributed by atoms with Gasteiger partial charge in [-0.1, -0.05) is 28.0 Å². The van der Waals surface area contributed by atoms with E-state index in [4.69, 9.17) is 4.55 Å². The van der Waals surface area contributed by atoms with Gasteiger partial charge in [0.05, 0.1) is 6.42 Å². The van der Waals surface area contributed by atoms with Crippen LogP contribution >= 0.6 is 21.6 Å². The van der Waals surface area contributed by atoms with Crippen molar-refractivity contribution in [2.45, 2.75) is 49.0 Å². The maximum Gasteiger partial charge on any atom is 0.352 e. The number of rotatable bonds is 9. The highest BCUT2D eigenvalue weighted by Gasteiger charge is 2.48. The van der Waals surface area contributed by atoms with Crippen LogP contribution in [0.3, 0.4) is 0 Å². The van der Waals surface area contributed by atoms with E-state index in [9.17, 15) is 27.6 Å². The summed E-state index contributed by atoms with van der Waals surface area (Å²) in [6.45, 7) is -0.568. The predicted octanol–water partition coefficient (Wildman–Crippen LogP) is 0.290. The maximum atomic E-state index is 11.7. The van der Waals surface area contributed by atoms with Gasteiger partial charge in [0.15, 0.2) is 5.25 Å². The summed E-state index contributed by atoms with van der Waals surface area (Å²) in [6, 6.07) is 0. The topological polar surface area (TPSA) is 147 Å². The summed E-state index contributed by atoms with van der Waals surface area (Å²) in [4.78, 5) is 51.1. The van der Waals surface area contributed by atoms with Crippen molar-refractivity contribution in [2.24, 2.45) is 0 Å². The van der Waals surface area contributed by atoms with Crippen molar-refractivity contribution in [1.82, 2.24) is 10.4 Å². The molecule has 2 atom stereocenters. The van der Waals surface area contributed by atoms with E-state index in [2.05, 4.69) is 10.2 Å². The summed E-state index contributed by atoms with van der Waals surface area (Å²) < 4.78 is 30.9. The van der Waals surface area contributed by atoms with E-state index in [0.717, 1.165) is 18.6 Å². The minimum Gasteiger partial charge on any atom is -0.345 e. The van der Waals surface area contributed by atoms with Crippen LogP contribution in [0.25, 0.3) is 0 Å². The van der Waals surface area contributed by atoms with Crippen molar-refractivity contribution in [1.29, 1.82) is 0 Å².